The van der Waals surface area contributed by atoms with Crippen molar-refractivity contribution in [3.8, 4) is 5.75 Å². The van der Waals surface area contributed by atoms with Crippen LogP contribution in [0, 0.1) is 11.6 Å². The summed E-state index contributed by atoms with van der Waals surface area (Å²) in [7, 11) is 0. The van der Waals surface area contributed by atoms with Crippen LogP contribution in [0.5, 0.6) is 5.75 Å². The largest absolute Gasteiger partial charge is 0.505 e. The SMILES string of the molecule is Oc1cc(F)c(C2(F)CC=CC=C2c2ccc(C(F)(F)F)cc2)cc1F. The number of halogens is 6. The minimum Gasteiger partial charge on any atom is -0.505 e. The van der Waals surface area contributed by atoms with Crippen LogP contribution >= 0.6 is 0 Å². The highest BCUT2D eigenvalue weighted by Gasteiger charge is 2.40. The van der Waals surface area contributed by atoms with E-state index in [1.807, 2.05) is 0 Å². The number of phenols is 1. The lowest BCUT2D eigenvalue weighted by Gasteiger charge is -2.30. The summed E-state index contributed by atoms with van der Waals surface area (Å²) in [4.78, 5) is 0. The monoisotopic (exact) mass is 370 g/mol. The van der Waals surface area contributed by atoms with E-state index in [4.69, 9.17) is 0 Å². The first-order valence-electron chi connectivity index (χ1n) is 7.55. The molecule has 0 saturated heterocycles. The molecule has 0 aromatic heterocycles. The van der Waals surface area contributed by atoms with E-state index in [1.54, 1.807) is 0 Å². The summed E-state index contributed by atoms with van der Waals surface area (Å²) in [5.41, 5.74) is -4.02. The Balaban J connectivity index is 2.10. The molecule has 26 heavy (non-hydrogen) atoms. The molecule has 0 fully saturated rings. The van der Waals surface area contributed by atoms with Gasteiger partial charge in [-0.1, -0.05) is 30.4 Å². The molecule has 0 aliphatic heterocycles. The standard InChI is InChI=1S/C19H12F6O/c20-15-10-17(26)16(21)9-14(15)18(22)8-2-1-3-13(18)11-4-6-12(7-5-11)19(23,24)25/h1-7,9-10,26H,8H2. The molecule has 136 valence electrons. The summed E-state index contributed by atoms with van der Waals surface area (Å²) in [6, 6.07) is 4.77. The van der Waals surface area contributed by atoms with Gasteiger partial charge in [0.15, 0.2) is 17.2 Å². The maximum Gasteiger partial charge on any atom is 0.416 e. The maximum atomic E-state index is 15.7. The van der Waals surface area contributed by atoms with Crippen LogP contribution in [0.3, 0.4) is 0 Å². The van der Waals surface area contributed by atoms with E-state index in [1.165, 1.54) is 18.2 Å². The summed E-state index contributed by atoms with van der Waals surface area (Å²) in [6.07, 6.45) is -0.688. The van der Waals surface area contributed by atoms with Gasteiger partial charge in [-0.05, 0) is 23.8 Å². The molecule has 0 radical (unpaired) electrons. The fraction of sp³-hybridized carbons (Fsp3) is 0.158. The van der Waals surface area contributed by atoms with Crippen molar-refractivity contribution >= 4 is 5.57 Å². The lowest BCUT2D eigenvalue weighted by atomic mass is 9.78. The zero-order valence-electron chi connectivity index (χ0n) is 13.1. The Bertz CT molecular complexity index is 895. The molecule has 3 rings (SSSR count). The van der Waals surface area contributed by atoms with Gasteiger partial charge in [-0.2, -0.15) is 13.2 Å². The minimum atomic E-state index is -4.54. The van der Waals surface area contributed by atoms with E-state index in [-0.39, 0.29) is 17.6 Å². The number of rotatable bonds is 2. The molecule has 2 aromatic rings. The zero-order valence-corrected chi connectivity index (χ0v) is 13.1. The first kappa shape index (κ1) is 18.1. The van der Waals surface area contributed by atoms with Gasteiger partial charge >= 0.3 is 6.18 Å². The van der Waals surface area contributed by atoms with Crippen molar-refractivity contribution < 1.29 is 31.4 Å². The van der Waals surface area contributed by atoms with Gasteiger partial charge in [-0.3, -0.25) is 0 Å². The van der Waals surface area contributed by atoms with Gasteiger partial charge < -0.3 is 5.11 Å². The van der Waals surface area contributed by atoms with E-state index in [0.717, 1.165) is 24.3 Å². The molecule has 1 unspecified atom stereocenters. The summed E-state index contributed by atoms with van der Waals surface area (Å²) < 4.78 is 81.7. The molecule has 1 N–H and O–H groups in total. The fourth-order valence-electron chi connectivity index (χ4n) is 2.90. The lowest BCUT2D eigenvalue weighted by Crippen LogP contribution is -2.25. The van der Waals surface area contributed by atoms with Crippen molar-refractivity contribution in [2.24, 2.45) is 0 Å². The summed E-state index contributed by atoms with van der Waals surface area (Å²) in [5, 5.41) is 9.22. The zero-order chi connectivity index (χ0) is 19.1. The molecule has 0 bridgehead atoms. The molecule has 1 aliphatic carbocycles. The topological polar surface area (TPSA) is 20.2 Å². The van der Waals surface area contributed by atoms with Gasteiger partial charge in [0.05, 0.1) is 5.56 Å². The number of hydrogen-bond donors (Lipinski definition) is 1. The van der Waals surface area contributed by atoms with Gasteiger partial charge in [0.2, 0.25) is 0 Å². The Morgan fingerprint density at radius 2 is 1.62 bits per heavy atom. The quantitative estimate of drug-likeness (QED) is 0.653. The maximum absolute atomic E-state index is 15.7. The number of allylic oxidation sites excluding steroid dienone is 4. The second kappa shape index (κ2) is 6.23. The van der Waals surface area contributed by atoms with Crippen molar-refractivity contribution in [1.29, 1.82) is 0 Å². The normalized spacial score (nSPS) is 20.2. The smallest absolute Gasteiger partial charge is 0.416 e. The third-order valence-corrected chi connectivity index (χ3v) is 4.21. The van der Waals surface area contributed by atoms with Crippen molar-refractivity contribution in [3.05, 3.63) is 83.0 Å². The van der Waals surface area contributed by atoms with Crippen molar-refractivity contribution in [2.45, 2.75) is 18.3 Å². The number of hydrogen-bond acceptors (Lipinski definition) is 1. The Kier molecular flexibility index (Phi) is 4.34. The highest BCUT2D eigenvalue weighted by molar-refractivity contribution is 5.77. The van der Waals surface area contributed by atoms with Crippen LogP contribution in [-0.4, -0.2) is 5.11 Å². The molecule has 1 nitrogen and oxygen atoms in total. The van der Waals surface area contributed by atoms with Crippen LogP contribution in [0.2, 0.25) is 0 Å². The predicted octanol–water partition coefficient (Wildman–Crippen LogP) is 5.90. The van der Waals surface area contributed by atoms with Crippen LogP contribution in [-0.2, 0) is 11.8 Å². The van der Waals surface area contributed by atoms with Crippen molar-refractivity contribution in [2.75, 3.05) is 0 Å². The second-order valence-corrected chi connectivity index (χ2v) is 5.87. The molecule has 2 aromatic carbocycles. The van der Waals surface area contributed by atoms with E-state index >= 15 is 4.39 Å². The summed E-state index contributed by atoms with van der Waals surface area (Å²) in [6.45, 7) is 0. The fourth-order valence-corrected chi connectivity index (χ4v) is 2.90. The highest BCUT2D eigenvalue weighted by atomic mass is 19.4. The molecule has 0 saturated carbocycles. The number of alkyl halides is 4. The van der Waals surface area contributed by atoms with Crippen LogP contribution in [0.1, 0.15) is 23.1 Å². The summed E-state index contributed by atoms with van der Waals surface area (Å²) >= 11 is 0. The Morgan fingerprint density at radius 1 is 0.962 bits per heavy atom. The molecule has 0 amide bonds. The number of benzene rings is 2. The van der Waals surface area contributed by atoms with Gasteiger partial charge in [0.25, 0.3) is 0 Å². The second-order valence-electron chi connectivity index (χ2n) is 5.87. The number of phenolic OH excluding ortho intramolecular Hbond substituents is 1. The van der Waals surface area contributed by atoms with Crippen LogP contribution in [0.25, 0.3) is 5.57 Å². The van der Waals surface area contributed by atoms with Gasteiger partial charge in [0.1, 0.15) is 5.82 Å². The molecular weight excluding hydrogens is 358 g/mol. The predicted molar refractivity (Wildman–Crippen MR) is 84.0 cm³/mol. The Hall–Kier alpha value is -2.70. The Labute approximate surface area is 144 Å². The highest BCUT2D eigenvalue weighted by Crippen LogP contribution is 2.47. The first-order valence-corrected chi connectivity index (χ1v) is 7.55. The van der Waals surface area contributed by atoms with Gasteiger partial charge in [0, 0.05) is 23.6 Å². The first-order chi connectivity index (χ1) is 12.1. The third kappa shape index (κ3) is 3.09. The van der Waals surface area contributed by atoms with Crippen LogP contribution in [0.4, 0.5) is 26.3 Å². The van der Waals surface area contributed by atoms with E-state index in [0.29, 0.717) is 12.1 Å². The summed E-state index contributed by atoms with van der Waals surface area (Å²) in [5.74, 6) is -3.31. The lowest BCUT2D eigenvalue weighted by molar-refractivity contribution is -0.137. The van der Waals surface area contributed by atoms with Gasteiger partial charge in [-0.15, -0.1) is 0 Å². The van der Waals surface area contributed by atoms with Crippen LogP contribution < -0.4 is 0 Å². The molecular formula is C19H12F6O. The van der Waals surface area contributed by atoms with Gasteiger partial charge in [-0.25, -0.2) is 13.2 Å². The molecule has 1 atom stereocenters. The van der Waals surface area contributed by atoms with Crippen LogP contribution in [0.15, 0.2) is 54.6 Å². The number of aromatic hydroxyl groups is 1. The minimum absolute atomic E-state index is 0.0993. The van der Waals surface area contributed by atoms with E-state index in [2.05, 4.69) is 0 Å². The average Bonchev–Trinajstić information content (AvgIpc) is 2.58. The van der Waals surface area contributed by atoms with Crippen molar-refractivity contribution in [3.63, 3.8) is 0 Å². The Morgan fingerprint density at radius 3 is 2.23 bits per heavy atom. The van der Waals surface area contributed by atoms with E-state index in [9.17, 15) is 27.1 Å². The molecule has 0 spiro atoms. The van der Waals surface area contributed by atoms with Crippen molar-refractivity contribution in [1.82, 2.24) is 0 Å². The average molecular weight is 370 g/mol. The molecule has 7 heteroatoms. The van der Waals surface area contributed by atoms with E-state index < -0.39 is 40.4 Å². The molecule has 1 aliphatic rings. The third-order valence-electron chi connectivity index (χ3n) is 4.21. The molecule has 0 heterocycles.